The van der Waals surface area contributed by atoms with E-state index < -0.39 is 0 Å². The number of amides is 4. The molecule has 115 heavy (non-hydrogen) atoms. The number of hydrogen-bond acceptors (Lipinski definition) is 24. The van der Waals surface area contributed by atoms with Gasteiger partial charge in [0.1, 0.15) is 0 Å². The lowest BCUT2D eigenvalue weighted by molar-refractivity contribution is -0.868. The first kappa shape index (κ1) is 80.3. The number of aromatic nitrogens is 16. The molecule has 2 saturated heterocycles. The van der Waals surface area contributed by atoms with E-state index in [1.54, 1.807) is 71.2 Å². The van der Waals surface area contributed by atoms with Crippen molar-refractivity contribution in [2.24, 2.45) is 5.73 Å². The van der Waals surface area contributed by atoms with Crippen LogP contribution in [-0.4, -0.2) is 256 Å². The van der Waals surface area contributed by atoms with Gasteiger partial charge in [0.25, 0.3) is 23.6 Å². The Morgan fingerprint density at radius 1 is 0.461 bits per heavy atom. The van der Waals surface area contributed by atoms with E-state index in [0.717, 1.165) is 166 Å². The number of morpholine rings is 1. The van der Waals surface area contributed by atoms with E-state index in [9.17, 15) is 19.2 Å². The molecule has 0 spiro atoms. The number of carbonyl (C=O) groups excluding carboxylic acids is 4. The zero-order valence-electron chi connectivity index (χ0n) is 64.7. The molecule has 10 N–H and O–H groups in total. The molecular weight excluding hydrogens is 1480 g/mol. The molecule has 2 aliphatic heterocycles. The minimum absolute atomic E-state index is 0. The molecule has 0 bridgehead atoms. The van der Waals surface area contributed by atoms with Crippen LogP contribution in [0.15, 0.2) is 146 Å². The van der Waals surface area contributed by atoms with Gasteiger partial charge in [0.05, 0.1) is 114 Å². The van der Waals surface area contributed by atoms with E-state index in [0.29, 0.717) is 86.9 Å². The fraction of sp³-hybridized carbons (Fsp3) is 0.309. The summed E-state index contributed by atoms with van der Waals surface area (Å²) in [4.78, 5) is 110. The highest BCUT2D eigenvalue weighted by atomic mass is 35.5. The zero-order chi connectivity index (χ0) is 78.6. The van der Waals surface area contributed by atoms with Gasteiger partial charge in [0.2, 0.25) is 23.8 Å². The molecule has 1 atom stereocenters. The minimum atomic E-state index is -0.202. The van der Waals surface area contributed by atoms with Crippen LogP contribution in [-0.2, 0) is 4.74 Å². The second kappa shape index (κ2) is 34.7. The Bertz CT molecular complexity index is 6300. The topological polar surface area (TPSA) is 379 Å². The van der Waals surface area contributed by atoms with Gasteiger partial charge < -0.3 is 74.8 Å². The van der Waals surface area contributed by atoms with Crippen LogP contribution in [0.25, 0.3) is 111 Å². The number of likely N-dealkylation sites (tertiary alicyclic amines) is 1. The van der Waals surface area contributed by atoms with Crippen molar-refractivity contribution in [2.75, 3.05) is 150 Å². The highest BCUT2D eigenvalue weighted by molar-refractivity contribution is 6.09. The standard InChI is InChI=1S/C21H23N7O2.C21H23N7O.C20H23N7O.C18H19N7O.CH4.ClH/c1-22-20(29)15-12-14-13-24-21(23-6-7-27-8-10-30-11-9-27)26-18(14)28-17-5-3-2-4-16(17)25-19(15)28;1-22-20(29)15-11-13-12-23-21(24-14-7-9-27(2)10-8-14)26-18(13)28-17-6-4-3-5-16(17)25-19(15)28;1-21-19(28)14-11-13-12-23-20(22-9-10-27(2,3)4)25-17(13)26-16-8-6-5-7-15(16)24-18(14)26;1-10(19)8-21-18-22-9-11-7-12(17(26)20-2)16-23-13-5-3-4-6-14(13)25(16)15(11)24-18;;/h2-5,12-13H,6-11H2,1H3,(H,22,29)(H,23,24,26);3-6,11-12,14H,7-10H2,1-2H3,(H,22,29)(H,23,24,26);5-8,11-12H,9-10H2,1-4H3,(H-,21,22,23,24,25,28);3-7,9-10H,8,19H2,1-2H3,(H,20,26)(H,21,22,24);1H4;1H/t;;;10-;;/m...1../s1. The Balaban J connectivity index is 0.000000133. The maximum atomic E-state index is 12.5. The van der Waals surface area contributed by atoms with E-state index in [-0.39, 0.29) is 49.5 Å². The molecule has 0 saturated carbocycles. The van der Waals surface area contributed by atoms with Gasteiger partial charge in [0, 0.05) is 119 Å². The SMILES string of the molecule is C.CNC(=O)c1cc2cnc(NC3CCN(C)CC3)nc2n2c1nc1ccccc12.CNC(=O)c1cc2cnc(NCCN3CCOCC3)nc2n2c1nc1ccccc12.CNC(=O)c1cc2cnc(NCC[N+](C)(C)C)nc2n2c1nc1ccccc12.CNC(=O)c1cc2cnc(NC[C@@H](C)N)nc2n2c1nc1ccccc12.[Cl-]. The minimum Gasteiger partial charge on any atom is -1.00 e. The summed E-state index contributed by atoms with van der Waals surface area (Å²) < 4.78 is 14.0. The number of nitrogens with two attached hydrogens (primary N) is 1. The van der Waals surface area contributed by atoms with Gasteiger partial charge in [-0.2, -0.15) is 19.9 Å². The smallest absolute Gasteiger partial charge is 0.254 e. The Labute approximate surface area is 667 Å². The first-order valence-electron chi connectivity index (χ1n) is 37.5. The molecule has 18 rings (SSSR count). The second-order valence-corrected chi connectivity index (χ2v) is 28.9. The van der Waals surface area contributed by atoms with Gasteiger partial charge in [-0.15, -0.1) is 0 Å². The Kier molecular flexibility index (Phi) is 24.2. The number of likely N-dealkylation sites (N-methyl/N-ethyl adjacent to an activating group) is 1. The number of anilines is 4. The van der Waals surface area contributed by atoms with Crippen molar-refractivity contribution in [1.82, 2.24) is 108 Å². The Hall–Kier alpha value is -12.8. The maximum absolute atomic E-state index is 12.5. The number of nitrogens with zero attached hydrogens (tertiary/aromatic N) is 19. The van der Waals surface area contributed by atoms with Crippen molar-refractivity contribution < 1.29 is 40.8 Å². The highest BCUT2D eigenvalue weighted by Crippen LogP contribution is 2.31. The number of quaternary nitrogens is 1. The number of rotatable bonds is 17. The predicted molar refractivity (Wildman–Crippen MR) is 447 cm³/mol. The quantitative estimate of drug-likeness (QED) is 0.0546. The predicted octanol–water partition coefficient (Wildman–Crippen LogP) is 4.93. The lowest BCUT2D eigenvalue weighted by Crippen LogP contribution is -3.00. The molecule has 2 aliphatic rings. The fourth-order valence-electron chi connectivity index (χ4n) is 14.0. The van der Waals surface area contributed by atoms with Crippen molar-refractivity contribution in [3.63, 3.8) is 0 Å². The number of pyridine rings is 4. The van der Waals surface area contributed by atoms with Crippen LogP contribution in [0, 0.1) is 0 Å². The third-order valence-electron chi connectivity index (χ3n) is 19.8. The number of imidazole rings is 4. The summed E-state index contributed by atoms with van der Waals surface area (Å²) in [5.74, 6) is 1.46. The number of benzene rings is 4. The largest absolute Gasteiger partial charge is 1.00 e. The van der Waals surface area contributed by atoms with Crippen LogP contribution in [0.2, 0.25) is 0 Å². The van der Waals surface area contributed by atoms with Crippen molar-refractivity contribution in [3.8, 4) is 0 Å². The van der Waals surface area contributed by atoms with Gasteiger partial charge >= 0.3 is 0 Å². The average Bonchev–Trinajstić information content (AvgIpc) is 1.64. The van der Waals surface area contributed by atoms with Crippen molar-refractivity contribution >= 4 is 158 Å². The summed E-state index contributed by atoms with van der Waals surface area (Å²) in [5.41, 5.74) is 19.9. The molecule has 0 radical (unpaired) electrons. The number of para-hydroxylation sites is 8. The van der Waals surface area contributed by atoms with E-state index in [1.807, 2.05) is 128 Å². The first-order chi connectivity index (χ1) is 54.8. The summed E-state index contributed by atoms with van der Waals surface area (Å²) in [6.45, 7) is 11.4. The summed E-state index contributed by atoms with van der Waals surface area (Å²) >= 11 is 0. The molecule has 34 heteroatoms. The van der Waals surface area contributed by atoms with Gasteiger partial charge in [-0.25, -0.2) is 39.9 Å². The number of nitrogens with one attached hydrogen (secondary N) is 8. The van der Waals surface area contributed by atoms with Crippen LogP contribution < -0.4 is 60.7 Å². The molecule has 0 aliphatic carbocycles. The first-order valence-corrected chi connectivity index (χ1v) is 37.5. The lowest BCUT2D eigenvalue weighted by atomic mass is 10.1. The molecule has 2 fully saturated rings. The van der Waals surface area contributed by atoms with Crippen molar-refractivity contribution in [3.05, 3.63) is 168 Å². The summed E-state index contributed by atoms with van der Waals surface area (Å²) in [5, 5.41) is 27.1. The van der Waals surface area contributed by atoms with Crippen LogP contribution in [0.4, 0.5) is 23.8 Å². The van der Waals surface area contributed by atoms with E-state index in [2.05, 4.69) is 115 Å². The highest BCUT2D eigenvalue weighted by Gasteiger charge is 2.25. The number of ether oxygens (including phenoxy) is 1. The molecule has 33 nitrogen and oxygen atoms in total. The molecule has 14 heterocycles. The van der Waals surface area contributed by atoms with Crippen molar-refractivity contribution in [2.45, 2.75) is 39.3 Å². The van der Waals surface area contributed by atoms with Gasteiger partial charge in [-0.1, -0.05) is 56.0 Å². The summed E-state index contributed by atoms with van der Waals surface area (Å²) in [7, 11) is 15.0. The monoisotopic (exact) mass is 1570 g/mol. The average molecular weight is 1570 g/mol. The summed E-state index contributed by atoms with van der Waals surface area (Å²) in [6, 6.07) is 38.7. The number of carbonyl (C=O) groups is 4. The number of halogens is 1. The molecule has 16 aromatic rings. The molecular formula is C81H93ClN28O5. The number of fused-ring (bicyclic) bond motifs is 20. The molecule has 4 amide bonds. The van der Waals surface area contributed by atoms with Crippen LogP contribution >= 0.6 is 0 Å². The zero-order valence-corrected chi connectivity index (χ0v) is 65.5. The maximum Gasteiger partial charge on any atom is 0.254 e. The van der Waals surface area contributed by atoms with Crippen LogP contribution in [0.3, 0.4) is 0 Å². The normalized spacial score (nSPS) is 13.7. The van der Waals surface area contributed by atoms with E-state index in [1.165, 1.54) is 0 Å². The summed E-state index contributed by atoms with van der Waals surface area (Å²) in [6.07, 6.45) is 9.11. The Morgan fingerprint density at radius 3 is 1.12 bits per heavy atom. The fourth-order valence-corrected chi connectivity index (χ4v) is 14.0. The van der Waals surface area contributed by atoms with Gasteiger partial charge in [-0.3, -0.25) is 41.7 Å². The molecule has 4 aromatic carbocycles. The third-order valence-corrected chi connectivity index (χ3v) is 19.8. The molecule has 0 unspecified atom stereocenters. The van der Waals surface area contributed by atoms with Crippen LogP contribution in [0.5, 0.6) is 0 Å². The van der Waals surface area contributed by atoms with E-state index in [4.69, 9.17) is 35.4 Å². The van der Waals surface area contributed by atoms with Crippen LogP contribution in [0.1, 0.15) is 68.6 Å². The molecule has 12 aromatic heterocycles. The van der Waals surface area contributed by atoms with E-state index >= 15 is 0 Å². The third kappa shape index (κ3) is 16.8. The Morgan fingerprint density at radius 2 is 0.783 bits per heavy atom. The second-order valence-electron chi connectivity index (χ2n) is 28.9. The van der Waals surface area contributed by atoms with Crippen molar-refractivity contribution in [1.29, 1.82) is 0 Å². The van der Waals surface area contributed by atoms with Gasteiger partial charge in [0.15, 0.2) is 45.2 Å². The van der Waals surface area contributed by atoms with Gasteiger partial charge in [-0.05, 0) is 113 Å². The lowest BCUT2D eigenvalue weighted by Gasteiger charge is -2.29. The molecule has 594 valence electrons. The number of hydrogen-bond donors (Lipinski definition) is 9. The number of piperidine rings is 1.